The molecule has 12 rings (SSSR count). The Balaban J connectivity index is 0.931. The second-order valence-corrected chi connectivity index (χ2v) is 14.5. The number of aromatic nitrogens is 3. The summed E-state index contributed by atoms with van der Waals surface area (Å²) in [5.41, 5.74) is 14.0. The molecule has 272 valence electrons. The summed E-state index contributed by atoms with van der Waals surface area (Å²) < 4.78 is 18.3. The minimum Gasteiger partial charge on any atom is -0.438 e. The van der Waals surface area contributed by atoms with E-state index in [0.29, 0.717) is 17.1 Å². The van der Waals surface area contributed by atoms with Crippen molar-refractivity contribution in [3.63, 3.8) is 0 Å². The van der Waals surface area contributed by atoms with Crippen LogP contribution in [0.25, 0.3) is 99.6 Å². The van der Waals surface area contributed by atoms with Gasteiger partial charge >= 0.3 is 0 Å². The lowest BCUT2D eigenvalue weighted by molar-refractivity contribution is 0.654. The van der Waals surface area contributed by atoms with Crippen LogP contribution < -0.4 is 4.90 Å². The van der Waals surface area contributed by atoms with Crippen LogP contribution in [-0.4, -0.2) is 15.0 Å². The minimum absolute atomic E-state index is 0.636. The van der Waals surface area contributed by atoms with Crippen LogP contribution in [0.3, 0.4) is 0 Å². The van der Waals surface area contributed by atoms with Gasteiger partial charge in [0.2, 0.25) is 17.1 Å². The highest BCUT2D eigenvalue weighted by Gasteiger charge is 2.17. The summed E-state index contributed by atoms with van der Waals surface area (Å²) in [6.45, 7) is 0. The average molecular weight is 747 g/mol. The number of hydrogen-bond donors (Lipinski definition) is 0. The summed E-state index contributed by atoms with van der Waals surface area (Å²) in [5, 5.41) is 6.23. The average Bonchev–Trinajstić information content (AvgIpc) is 3.98. The number of pyridine rings is 3. The lowest BCUT2D eigenvalue weighted by Crippen LogP contribution is -2.09. The van der Waals surface area contributed by atoms with E-state index in [1.54, 1.807) is 12.4 Å². The van der Waals surface area contributed by atoms with Crippen LogP contribution in [0.4, 0.5) is 17.1 Å². The van der Waals surface area contributed by atoms with E-state index in [1.807, 2.05) is 48.7 Å². The van der Waals surface area contributed by atoms with E-state index >= 15 is 0 Å². The Labute approximate surface area is 331 Å². The van der Waals surface area contributed by atoms with Crippen LogP contribution in [0.5, 0.6) is 0 Å². The molecule has 6 aromatic heterocycles. The van der Waals surface area contributed by atoms with E-state index in [1.165, 1.54) is 0 Å². The maximum atomic E-state index is 6.11. The first-order valence-corrected chi connectivity index (χ1v) is 19.1. The molecule has 0 amide bonds. The second-order valence-electron chi connectivity index (χ2n) is 14.5. The second kappa shape index (κ2) is 12.8. The molecule has 0 radical (unpaired) electrons. The van der Waals surface area contributed by atoms with Crippen molar-refractivity contribution < 1.29 is 13.3 Å². The van der Waals surface area contributed by atoms with E-state index in [-0.39, 0.29) is 0 Å². The Hall–Kier alpha value is -8.03. The van der Waals surface area contributed by atoms with Crippen molar-refractivity contribution >= 4 is 83.3 Å². The van der Waals surface area contributed by atoms with E-state index in [9.17, 15) is 0 Å². The van der Waals surface area contributed by atoms with Crippen molar-refractivity contribution in [3.05, 3.63) is 182 Å². The molecule has 12 aromatic rings. The van der Waals surface area contributed by atoms with E-state index in [4.69, 9.17) is 13.3 Å². The summed E-state index contributed by atoms with van der Waals surface area (Å²) in [6.07, 6.45) is 5.33. The van der Waals surface area contributed by atoms with Crippen LogP contribution >= 0.6 is 0 Å². The fraction of sp³-hybridized carbons (Fsp3) is 0. The van der Waals surface area contributed by atoms with Crippen molar-refractivity contribution in [2.24, 2.45) is 0 Å². The Morgan fingerprint density at radius 3 is 1.36 bits per heavy atom. The third-order valence-corrected chi connectivity index (χ3v) is 11.1. The van der Waals surface area contributed by atoms with E-state index < -0.39 is 0 Å². The van der Waals surface area contributed by atoms with Crippen molar-refractivity contribution in [1.29, 1.82) is 0 Å². The predicted molar refractivity (Wildman–Crippen MR) is 233 cm³/mol. The van der Waals surface area contributed by atoms with Gasteiger partial charge in [-0.25, -0.2) is 15.0 Å². The summed E-state index contributed by atoms with van der Waals surface area (Å²) in [7, 11) is 0. The van der Waals surface area contributed by atoms with Gasteiger partial charge in [0.25, 0.3) is 0 Å². The van der Waals surface area contributed by atoms with Gasteiger partial charge < -0.3 is 18.2 Å². The van der Waals surface area contributed by atoms with Crippen molar-refractivity contribution in [3.8, 4) is 33.4 Å². The molecule has 7 heteroatoms. The van der Waals surface area contributed by atoms with Gasteiger partial charge in [0.05, 0.1) is 5.39 Å². The maximum absolute atomic E-state index is 6.11. The third-order valence-electron chi connectivity index (χ3n) is 11.1. The zero-order chi connectivity index (χ0) is 38.2. The van der Waals surface area contributed by atoms with Crippen molar-refractivity contribution in [2.75, 3.05) is 4.90 Å². The number of anilines is 3. The fourth-order valence-corrected chi connectivity index (χ4v) is 8.31. The van der Waals surface area contributed by atoms with Gasteiger partial charge in [0.1, 0.15) is 16.7 Å². The molecule has 0 spiro atoms. The smallest absolute Gasteiger partial charge is 0.227 e. The van der Waals surface area contributed by atoms with Crippen LogP contribution in [-0.2, 0) is 0 Å². The third kappa shape index (κ3) is 5.18. The lowest BCUT2D eigenvalue weighted by atomic mass is 10.00. The largest absolute Gasteiger partial charge is 0.438 e. The molecule has 0 aliphatic heterocycles. The highest BCUT2D eigenvalue weighted by atomic mass is 16.3. The van der Waals surface area contributed by atoms with Gasteiger partial charge in [0, 0.05) is 62.6 Å². The Morgan fingerprint density at radius 1 is 0.328 bits per heavy atom. The summed E-state index contributed by atoms with van der Waals surface area (Å²) in [6, 6.07) is 56.9. The lowest BCUT2D eigenvalue weighted by Gasteiger charge is -2.26. The van der Waals surface area contributed by atoms with Gasteiger partial charge in [-0.1, -0.05) is 66.7 Å². The molecule has 0 aliphatic rings. The molecule has 6 heterocycles. The molecule has 0 N–H and O–H groups in total. The van der Waals surface area contributed by atoms with Crippen molar-refractivity contribution in [2.45, 2.75) is 0 Å². The van der Waals surface area contributed by atoms with Gasteiger partial charge in [0.15, 0.2) is 0 Å². The number of furan rings is 3. The normalized spacial score (nSPS) is 11.8. The maximum Gasteiger partial charge on any atom is 0.227 e. The predicted octanol–water partition coefficient (Wildman–Crippen LogP) is 14.0. The number of hydrogen-bond acceptors (Lipinski definition) is 7. The number of fused-ring (bicyclic) bond motifs is 9. The highest BCUT2D eigenvalue weighted by Crippen LogP contribution is 2.41. The number of rotatable bonds is 6. The first kappa shape index (κ1) is 32.2. The zero-order valence-corrected chi connectivity index (χ0v) is 30.8. The van der Waals surface area contributed by atoms with Crippen molar-refractivity contribution in [1.82, 2.24) is 15.0 Å². The standard InChI is InChI=1S/C51H30N4O3/c1-2-8-45-44(5-1)48-39(25-28-54-51(48)56-45)33-13-21-38(22-14-33)55(36-17-9-31(10-18-36)34-15-23-40-42-6-3-26-52-49(42)57-46(40)29-34)37-19-11-32(12-20-37)35-16-24-41-43-7-4-27-53-50(43)58-47(41)30-35/h1-30H. The molecule has 0 saturated heterocycles. The molecular formula is C51H30N4O3. The molecule has 0 fully saturated rings. The summed E-state index contributed by atoms with van der Waals surface area (Å²) in [5.74, 6) is 0. The van der Waals surface area contributed by atoms with Gasteiger partial charge in [-0.05, 0) is 130 Å². The molecule has 6 aromatic carbocycles. The molecule has 7 nitrogen and oxygen atoms in total. The van der Waals surface area contributed by atoms with Crippen LogP contribution in [0.15, 0.2) is 196 Å². The minimum atomic E-state index is 0.636. The Morgan fingerprint density at radius 2 is 0.793 bits per heavy atom. The van der Waals surface area contributed by atoms with E-state index in [2.05, 4.69) is 141 Å². The van der Waals surface area contributed by atoms with Crippen LogP contribution in [0.2, 0.25) is 0 Å². The van der Waals surface area contributed by atoms with Gasteiger partial charge in [-0.2, -0.15) is 0 Å². The fourth-order valence-electron chi connectivity index (χ4n) is 8.31. The zero-order valence-electron chi connectivity index (χ0n) is 30.8. The Bertz CT molecular complexity index is 3350. The number of nitrogens with zero attached hydrogens (tertiary/aromatic N) is 4. The molecule has 0 unspecified atom stereocenters. The molecule has 0 bridgehead atoms. The highest BCUT2D eigenvalue weighted by molar-refractivity contribution is 6.11. The topological polar surface area (TPSA) is 81.3 Å². The van der Waals surface area contributed by atoms with Gasteiger partial charge in [-0.15, -0.1) is 0 Å². The van der Waals surface area contributed by atoms with Crippen LogP contribution in [0.1, 0.15) is 0 Å². The SMILES string of the molecule is c1ccc2c(c1)oc1nccc(-c3ccc(N(c4ccc(-c5ccc6c(c5)oc5ncccc56)cc4)c4ccc(-c5ccc6c(c5)oc5ncccc56)cc4)cc3)c12. The number of para-hydroxylation sites is 1. The van der Waals surface area contributed by atoms with E-state index in [0.717, 1.165) is 99.5 Å². The Kier molecular flexibility index (Phi) is 7.09. The number of benzene rings is 6. The van der Waals surface area contributed by atoms with Gasteiger partial charge in [-0.3, -0.25) is 0 Å². The summed E-state index contributed by atoms with van der Waals surface area (Å²) in [4.78, 5) is 15.7. The molecule has 0 saturated carbocycles. The quantitative estimate of drug-likeness (QED) is 0.168. The summed E-state index contributed by atoms with van der Waals surface area (Å²) >= 11 is 0. The molecule has 0 aliphatic carbocycles. The van der Waals surface area contributed by atoms with Crippen LogP contribution in [0, 0.1) is 0 Å². The monoisotopic (exact) mass is 746 g/mol. The molecule has 0 atom stereocenters. The first-order chi connectivity index (χ1) is 28.7. The molecule has 58 heavy (non-hydrogen) atoms. The first-order valence-electron chi connectivity index (χ1n) is 19.1. The molecular weight excluding hydrogens is 717 g/mol.